The molecule has 0 fully saturated rings. The number of nitrogens with zero attached hydrogens (tertiary/aromatic N) is 1. The highest BCUT2D eigenvalue weighted by Crippen LogP contribution is 2.28. The lowest BCUT2D eigenvalue weighted by Crippen LogP contribution is -2.15. The van der Waals surface area contributed by atoms with Crippen molar-refractivity contribution in [1.29, 1.82) is 5.26 Å². The van der Waals surface area contributed by atoms with Crippen molar-refractivity contribution in [3.05, 3.63) is 41.5 Å². The van der Waals surface area contributed by atoms with E-state index in [2.05, 4.69) is 6.07 Å². The lowest BCUT2D eigenvalue weighted by atomic mass is 9.86. The third-order valence-corrected chi connectivity index (χ3v) is 5.20. The number of carbonyl (C=O) groups excluding carboxylic acids is 1. The van der Waals surface area contributed by atoms with Gasteiger partial charge in [-0.05, 0) is 78.7 Å². The van der Waals surface area contributed by atoms with Gasteiger partial charge >= 0.3 is 0 Å². The van der Waals surface area contributed by atoms with Crippen LogP contribution in [0.4, 0.5) is 0 Å². The van der Waals surface area contributed by atoms with Gasteiger partial charge < -0.3 is 4.74 Å². The van der Waals surface area contributed by atoms with Gasteiger partial charge in [0.1, 0.15) is 0 Å². The minimum atomic E-state index is 0.151. The Balaban J connectivity index is 2.20. The number of ketones is 1. The number of allylic oxidation sites excluding steroid dienone is 2. The van der Waals surface area contributed by atoms with Gasteiger partial charge in [-0.25, -0.2) is 0 Å². The van der Waals surface area contributed by atoms with E-state index in [4.69, 9.17) is 22.2 Å². The molecule has 1 unspecified atom stereocenters. The lowest BCUT2D eigenvalue weighted by Gasteiger charge is -2.20. The normalized spacial score (nSPS) is 19.2. The van der Waals surface area contributed by atoms with Crippen LogP contribution in [0, 0.1) is 17.2 Å². The monoisotopic (exact) mass is 355 g/mol. The molecular formula is C21H25NO2S. The summed E-state index contributed by atoms with van der Waals surface area (Å²) >= 11 is 5.65. The number of thiocarbonyl (C=S) groups is 1. The van der Waals surface area contributed by atoms with Gasteiger partial charge in [-0.1, -0.05) is 24.4 Å². The Morgan fingerprint density at radius 3 is 2.92 bits per heavy atom. The second-order valence-corrected chi connectivity index (χ2v) is 7.04. The summed E-state index contributed by atoms with van der Waals surface area (Å²) in [5.74, 6) is 0.541. The van der Waals surface area contributed by atoms with Gasteiger partial charge in [0.2, 0.25) is 0 Å². The van der Waals surface area contributed by atoms with Crippen LogP contribution in [0.3, 0.4) is 0 Å². The summed E-state index contributed by atoms with van der Waals surface area (Å²) in [7, 11) is 1.72. The van der Waals surface area contributed by atoms with Gasteiger partial charge in [0.25, 0.3) is 0 Å². The highest BCUT2D eigenvalue weighted by molar-refractivity contribution is 7.80. The molecule has 25 heavy (non-hydrogen) atoms. The van der Waals surface area contributed by atoms with Gasteiger partial charge in [-0.15, -0.1) is 0 Å². The molecule has 0 aliphatic heterocycles. The summed E-state index contributed by atoms with van der Waals surface area (Å²) in [6.45, 7) is 0.754. The predicted molar refractivity (Wildman–Crippen MR) is 104 cm³/mol. The Bertz CT molecular complexity index is 687. The molecule has 0 saturated heterocycles. The molecular weight excluding hydrogens is 330 g/mol. The molecule has 0 spiro atoms. The fourth-order valence-electron chi connectivity index (χ4n) is 3.27. The largest absolute Gasteiger partial charge is 0.385 e. The van der Waals surface area contributed by atoms with E-state index >= 15 is 0 Å². The topological polar surface area (TPSA) is 50.1 Å². The Morgan fingerprint density at radius 2 is 2.16 bits per heavy atom. The number of methoxy groups -OCH3 is 1. The fourth-order valence-corrected chi connectivity index (χ4v) is 3.65. The Hall–Kier alpha value is -1.83. The van der Waals surface area contributed by atoms with Crippen LogP contribution in [-0.2, 0) is 9.53 Å². The maximum absolute atomic E-state index is 12.2. The summed E-state index contributed by atoms with van der Waals surface area (Å²) < 4.78 is 5.17. The molecule has 0 heterocycles. The number of hydrogen-bond donors (Lipinski definition) is 0. The summed E-state index contributed by atoms with van der Waals surface area (Å²) in [4.78, 5) is 13.3. The number of rotatable bonds is 5. The standard InChI is InChI=1S/C21H25NO2S/c1-24-12-4-7-17-10-11-19(14-20(23)8-3-9-21(17)25)18-6-2-5-16(13-18)15-22/h2,5-6,13-14,17H,3-4,7-12H2,1H3. The van der Waals surface area contributed by atoms with E-state index < -0.39 is 0 Å². The zero-order chi connectivity index (χ0) is 18.1. The summed E-state index contributed by atoms with van der Waals surface area (Å²) in [6, 6.07) is 9.67. The van der Waals surface area contributed by atoms with Gasteiger partial charge in [-0.2, -0.15) is 5.26 Å². The minimum Gasteiger partial charge on any atom is -0.385 e. The van der Waals surface area contributed by atoms with Gasteiger partial charge in [0.15, 0.2) is 5.78 Å². The summed E-state index contributed by atoms with van der Waals surface area (Å²) in [5.41, 5.74) is 2.60. The van der Waals surface area contributed by atoms with Crippen LogP contribution >= 0.6 is 12.2 Å². The second kappa shape index (κ2) is 10.2. The Kier molecular flexibility index (Phi) is 7.97. The first-order valence-electron chi connectivity index (χ1n) is 8.89. The number of ether oxygens (including phenoxy) is 1. The number of benzene rings is 1. The smallest absolute Gasteiger partial charge is 0.155 e. The van der Waals surface area contributed by atoms with Gasteiger partial charge in [0.05, 0.1) is 11.6 Å². The molecule has 3 nitrogen and oxygen atoms in total. The quantitative estimate of drug-likeness (QED) is 0.557. The van der Waals surface area contributed by atoms with Crippen molar-refractivity contribution in [3.8, 4) is 6.07 Å². The van der Waals surface area contributed by atoms with Crippen LogP contribution in [0.1, 0.15) is 56.1 Å². The molecule has 132 valence electrons. The van der Waals surface area contributed by atoms with Crippen molar-refractivity contribution in [2.45, 2.75) is 44.9 Å². The van der Waals surface area contributed by atoms with Gasteiger partial charge in [0, 0.05) is 20.1 Å². The molecule has 1 aromatic rings. The molecule has 0 saturated carbocycles. The molecule has 0 radical (unpaired) electrons. The van der Waals surface area contributed by atoms with E-state index in [0.29, 0.717) is 17.9 Å². The Morgan fingerprint density at radius 1 is 1.32 bits per heavy atom. The highest BCUT2D eigenvalue weighted by atomic mass is 32.1. The van der Waals surface area contributed by atoms with Crippen LogP contribution in [0.5, 0.6) is 0 Å². The summed E-state index contributed by atoms with van der Waals surface area (Å²) in [6.07, 6.45) is 7.77. The van der Waals surface area contributed by atoms with Gasteiger partial charge in [-0.3, -0.25) is 4.79 Å². The first kappa shape index (κ1) is 19.5. The molecule has 1 aliphatic rings. The minimum absolute atomic E-state index is 0.151. The van der Waals surface area contributed by atoms with Crippen molar-refractivity contribution >= 4 is 28.4 Å². The van der Waals surface area contributed by atoms with Crippen LogP contribution < -0.4 is 0 Å². The second-order valence-electron chi connectivity index (χ2n) is 6.52. The number of carbonyl (C=O) groups is 1. The average molecular weight is 356 g/mol. The van der Waals surface area contributed by atoms with E-state index in [1.54, 1.807) is 19.3 Å². The lowest BCUT2D eigenvalue weighted by molar-refractivity contribution is -0.114. The first-order valence-corrected chi connectivity index (χ1v) is 9.30. The Labute approximate surface area is 155 Å². The third kappa shape index (κ3) is 6.19. The predicted octanol–water partition coefficient (Wildman–Crippen LogP) is 4.89. The molecule has 2 rings (SSSR count). The molecule has 0 bridgehead atoms. The maximum Gasteiger partial charge on any atom is 0.155 e. The van der Waals surface area contributed by atoms with Crippen molar-refractivity contribution in [1.82, 2.24) is 0 Å². The van der Waals surface area contributed by atoms with E-state index in [0.717, 1.165) is 61.1 Å². The van der Waals surface area contributed by atoms with Crippen LogP contribution in [0.2, 0.25) is 0 Å². The van der Waals surface area contributed by atoms with Crippen molar-refractivity contribution in [3.63, 3.8) is 0 Å². The van der Waals surface area contributed by atoms with E-state index in [-0.39, 0.29) is 5.78 Å². The fraction of sp³-hybridized carbons (Fsp3) is 0.476. The van der Waals surface area contributed by atoms with Crippen LogP contribution in [0.15, 0.2) is 30.3 Å². The molecule has 0 aromatic heterocycles. The van der Waals surface area contributed by atoms with Crippen LogP contribution in [-0.4, -0.2) is 24.4 Å². The summed E-state index contributed by atoms with van der Waals surface area (Å²) in [5, 5.41) is 9.13. The average Bonchev–Trinajstić information content (AvgIpc) is 2.63. The molecule has 4 heteroatoms. The molecule has 0 amide bonds. The zero-order valence-electron chi connectivity index (χ0n) is 14.8. The van der Waals surface area contributed by atoms with Crippen molar-refractivity contribution < 1.29 is 9.53 Å². The molecule has 1 atom stereocenters. The number of hydrogen-bond acceptors (Lipinski definition) is 4. The van der Waals surface area contributed by atoms with E-state index in [9.17, 15) is 4.79 Å². The SMILES string of the molecule is COCCCC1CCC(c2cccc(C#N)c2)=CC(=O)CCCC1=S. The zero-order valence-corrected chi connectivity index (χ0v) is 15.6. The first-order chi connectivity index (χ1) is 12.1. The third-order valence-electron chi connectivity index (χ3n) is 4.66. The highest BCUT2D eigenvalue weighted by Gasteiger charge is 2.18. The maximum atomic E-state index is 12.2. The molecule has 1 aromatic carbocycles. The molecule has 1 aliphatic carbocycles. The molecule has 0 N–H and O–H groups in total. The van der Waals surface area contributed by atoms with Crippen LogP contribution in [0.25, 0.3) is 5.57 Å². The van der Waals surface area contributed by atoms with Crippen molar-refractivity contribution in [2.75, 3.05) is 13.7 Å². The van der Waals surface area contributed by atoms with Crippen molar-refractivity contribution in [2.24, 2.45) is 5.92 Å². The van der Waals surface area contributed by atoms with E-state index in [1.165, 1.54) is 0 Å². The van der Waals surface area contributed by atoms with E-state index in [1.807, 2.05) is 18.2 Å². The number of nitriles is 1.